The molecular weight excluding hydrogens is 1790 g/mol. The molecule has 0 aromatic heterocycles. The van der Waals surface area contributed by atoms with Crippen LogP contribution in [-0.2, 0) is 48.7 Å². The Labute approximate surface area is 823 Å². The maximum atomic E-state index is 5.92. The number of fused-ring (bicyclic) bond motifs is 2. The van der Waals surface area contributed by atoms with Crippen molar-refractivity contribution in [2.75, 3.05) is 0 Å². The van der Waals surface area contributed by atoms with Gasteiger partial charge in [-0.3, -0.25) is 0 Å². The van der Waals surface area contributed by atoms with Gasteiger partial charge in [-0.05, 0) is 227 Å². The molecule has 4 aromatic carbocycles. The van der Waals surface area contributed by atoms with Crippen LogP contribution in [0.1, 0.15) is 213 Å². The van der Waals surface area contributed by atoms with Crippen LogP contribution in [0.25, 0.3) is 0 Å². The van der Waals surface area contributed by atoms with Gasteiger partial charge in [-0.1, -0.05) is 393 Å². The lowest BCUT2D eigenvalue weighted by molar-refractivity contribution is 0.365. The summed E-state index contributed by atoms with van der Waals surface area (Å²) in [7, 11) is -17.7. The molecule has 22 heteroatoms. The van der Waals surface area contributed by atoms with Crippen molar-refractivity contribution in [1.82, 2.24) is 0 Å². The third-order valence-electron chi connectivity index (χ3n) is 28.3. The molecule has 0 saturated heterocycles. The first kappa shape index (κ1) is 134. The van der Waals surface area contributed by atoms with Gasteiger partial charge in [-0.2, -0.15) is 0 Å². The molecule has 0 radical (unpaired) electrons. The molecule has 3 unspecified atom stereocenters. The fourth-order valence-electron chi connectivity index (χ4n) is 15.8. The Hall–Kier alpha value is -5.79. The summed E-state index contributed by atoms with van der Waals surface area (Å²) < 4.78 is 62.2. The second-order valence-electron chi connectivity index (χ2n) is 43.5. The average molecular weight is 2000 g/mol. The number of benzene rings is 4. The molecule has 0 N–H and O–H groups in total. The normalized spacial score (nSPS) is 14.5. The molecule has 3 atom stereocenters. The standard InChI is InChI=1S/2C15H16OSi.C11H20OSi.2C11H24OSi.C10H22OSi.C9H20OSi.C8H18OSi.2C7H16OSi.C5H12OSi/c2*1-3-16-17(2,14-10-6-4-7-11-14)15-12-8-5-9-13-15;1-4-12-13(2,3)11-8-9-5-6-10(11)7-9;1-9-12-13(8,10(2,3)4)11(5,6)7;1-8-12-13(9(2)3,10(4)5)11(6)7;1-8-11-12(6,7)10(4,5)9(2)3;1-6-10-11(7-2,8-3)9(4)5;1-7-9-10(5,6)8(2,3)4;1-6-8-9(4,5)7(2)3;1-5-8-9(4,6-2)7-3;1-5-6-7(2,3)4/h2*3-13H,1H2,2H3;4,9-11H,1,5-8H2,2-3H3;9H,1H2,2-8H3;8-11H,1H2,2-7H3;8-9H,1H2,2-7H3;6,9H,1,7-8H2,2-5H3;7H,1H2,2-6H3;6-7H,1H2,2-5H3;5H,1,6-7H2,2-4H3;5H,1H2,2-4H3. The second-order valence-corrected chi connectivity index (χ2v) is 93.1. The first-order valence-corrected chi connectivity index (χ1v) is 78.2. The van der Waals surface area contributed by atoms with Crippen molar-refractivity contribution in [3.8, 4) is 0 Å². The molecule has 0 spiro atoms. The molecule has 0 amide bonds. The first-order chi connectivity index (χ1) is 60.1. The molecule has 131 heavy (non-hydrogen) atoms. The van der Waals surface area contributed by atoms with Crippen molar-refractivity contribution in [3.05, 3.63) is 263 Å². The largest absolute Gasteiger partial charge is 0.550 e. The third-order valence-corrected chi connectivity index (χ3v) is 73.1. The van der Waals surface area contributed by atoms with Crippen LogP contribution in [0.5, 0.6) is 0 Å². The maximum absolute atomic E-state index is 5.92. The van der Waals surface area contributed by atoms with Gasteiger partial charge in [0.15, 0.2) is 0 Å². The molecule has 0 aliphatic heterocycles. The lowest BCUT2D eigenvalue weighted by atomic mass is 9.99. The van der Waals surface area contributed by atoms with E-state index in [2.05, 4.69) is 455 Å². The molecule has 750 valence electrons. The predicted octanol–water partition coefficient (Wildman–Crippen LogP) is 35.2. The van der Waals surface area contributed by atoms with E-state index >= 15 is 0 Å². The van der Waals surface area contributed by atoms with Crippen molar-refractivity contribution in [3.63, 3.8) is 0 Å². The van der Waals surface area contributed by atoms with Crippen molar-refractivity contribution in [2.45, 2.75) is 388 Å². The maximum Gasteiger partial charge on any atom is 0.310 e. The highest BCUT2D eigenvalue weighted by molar-refractivity contribution is 6.97. The molecule has 2 aliphatic rings. The van der Waals surface area contributed by atoms with Gasteiger partial charge < -0.3 is 48.7 Å². The molecule has 0 heterocycles. The van der Waals surface area contributed by atoms with Crippen molar-refractivity contribution >= 4 is 112 Å². The third kappa shape index (κ3) is 45.8. The molecular formula is C109H204O11Si11. The van der Waals surface area contributed by atoms with Crippen LogP contribution < -0.4 is 20.7 Å². The van der Waals surface area contributed by atoms with E-state index in [1.807, 2.05) is 24.3 Å². The number of rotatable bonds is 38. The Bertz CT molecular complexity index is 3520. The summed E-state index contributed by atoms with van der Waals surface area (Å²) in [6, 6.07) is 46.3. The highest BCUT2D eigenvalue weighted by Gasteiger charge is 2.53. The van der Waals surface area contributed by atoms with Crippen LogP contribution in [0, 0.1) is 17.8 Å². The summed E-state index contributed by atoms with van der Waals surface area (Å²) >= 11 is 0. The monoisotopic (exact) mass is 2000 g/mol. The summed E-state index contributed by atoms with van der Waals surface area (Å²) in [5, 5.41) is 6.08. The molecule has 2 aliphatic carbocycles. The van der Waals surface area contributed by atoms with Crippen LogP contribution in [-0.4, -0.2) is 91.5 Å². The average Bonchev–Trinajstić information content (AvgIpc) is 1.74. The van der Waals surface area contributed by atoms with Gasteiger partial charge in [0, 0.05) is 0 Å². The van der Waals surface area contributed by atoms with Crippen LogP contribution in [0.3, 0.4) is 0 Å². The lowest BCUT2D eigenvalue weighted by Gasteiger charge is -2.47. The van der Waals surface area contributed by atoms with Crippen LogP contribution in [0.4, 0.5) is 0 Å². The minimum atomic E-state index is -2.12. The Morgan fingerprint density at radius 2 is 0.618 bits per heavy atom. The summed E-state index contributed by atoms with van der Waals surface area (Å²) in [5.74, 6) is 2.68. The van der Waals surface area contributed by atoms with Gasteiger partial charge in [0.2, 0.25) is 49.9 Å². The minimum absolute atomic E-state index is 0.236. The van der Waals surface area contributed by atoms with Crippen molar-refractivity contribution in [1.29, 1.82) is 0 Å². The molecule has 4 aromatic rings. The second kappa shape index (κ2) is 62.8. The lowest BCUT2D eigenvalue weighted by Crippen LogP contribution is -2.57. The molecule has 2 fully saturated rings. The Morgan fingerprint density at radius 1 is 0.313 bits per heavy atom. The van der Waals surface area contributed by atoms with Crippen LogP contribution in [0.2, 0.25) is 176 Å². The summed E-state index contributed by atoms with van der Waals surface area (Å²) in [6.07, 6.45) is 23.4. The van der Waals surface area contributed by atoms with Gasteiger partial charge in [0.1, 0.15) is 0 Å². The first-order valence-electron chi connectivity index (χ1n) is 48.4. The number of hydrogen-bond donors (Lipinski definition) is 0. The van der Waals surface area contributed by atoms with E-state index in [0.717, 1.165) is 17.4 Å². The molecule has 11 nitrogen and oxygen atoms in total. The summed E-state index contributed by atoms with van der Waals surface area (Å²) in [5.41, 5.74) is 4.19. The van der Waals surface area contributed by atoms with E-state index in [4.69, 9.17) is 48.7 Å². The highest BCUT2D eigenvalue weighted by Crippen LogP contribution is 2.56. The smallest absolute Gasteiger partial charge is 0.310 e. The Kier molecular flexibility index (Phi) is 64.1. The van der Waals surface area contributed by atoms with E-state index in [9.17, 15) is 0 Å². The van der Waals surface area contributed by atoms with E-state index in [1.165, 1.54) is 76.9 Å². The molecule has 2 bridgehead atoms. The van der Waals surface area contributed by atoms with E-state index in [1.54, 1.807) is 62.6 Å². The van der Waals surface area contributed by atoms with Gasteiger partial charge in [-0.25, -0.2) is 0 Å². The minimum Gasteiger partial charge on any atom is -0.550 e. The van der Waals surface area contributed by atoms with E-state index in [-0.39, 0.29) is 10.1 Å². The fourth-order valence-corrected chi connectivity index (χ4v) is 40.7. The van der Waals surface area contributed by atoms with Gasteiger partial charge in [-0.15, -0.1) is 0 Å². The quantitative estimate of drug-likeness (QED) is 0.0317. The SMILES string of the molecule is C=CO[Si](C(C)C)(C(C)C)C(C)C.C=CO[Si](C)(C(C)(C)C)C(C)(C)C.C=CO[Si](C)(C)C.C=CO[Si](C)(C)C(C)(C)C.C=CO[Si](C)(C)C(C)(C)C(C)C.C=CO[Si](C)(C)C(C)C.C=CO[Si](C)(C)C1CC2CCC1C2.C=CO[Si](C)(CC)CC.C=CO[Si](C)(c1ccccc1)c1ccccc1.C=CO[Si](C)(c1ccccc1)c1ccccc1.C=CO[Si](CC)(CC)C(C)C. The molecule has 6 rings (SSSR count). The zero-order valence-electron chi connectivity index (χ0n) is 92.5. The van der Waals surface area contributed by atoms with Crippen LogP contribution in [0.15, 0.2) is 263 Å². The van der Waals surface area contributed by atoms with E-state index in [0.29, 0.717) is 43.7 Å². The Balaban J connectivity index is -0.000000448. The topological polar surface area (TPSA) is 102 Å². The Morgan fingerprint density at radius 3 is 0.779 bits per heavy atom. The van der Waals surface area contributed by atoms with Gasteiger partial charge >= 0.3 is 16.6 Å². The van der Waals surface area contributed by atoms with Crippen molar-refractivity contribution < 1.29 is 48.7 Å². The summed E-state index contributed by atoms with van der Waals surface area (Å²) in [6.45, 7) is 134. The summed E-state index contributed by atoms with van der Waals surface area (Å²) in [4.78, 5) is 0. The van der Waals surface area contributed by atoms with Crippen LogP contribution >= 0.6 is 0 Å². The van der Waals surface area contributed by atoms with Gasteiger partial charge in [0.05, 0.1) is 68.9 Å². The molecule has 2 saturated carbocycles. The predicted molar refractivity (Wildman–Crippen MR) is 614 cm³/mol. The van der Waals surface area contributed by atoms with Crippen molar-refractivity contribution in [2.24, 2.45) is 17.8 Å². The zero-order chi connectivity index (χ0) is 103. The number of hydrogen-bond acceptors (Lipinski definition) is 11. The van der Waals surface area contributed by atoms with E-state index < -0.39 is 91.5 Å². The highest BCUT2D eigenvalue weighted by atomic mass is 28.4. The van der Waals surface area contributed by atoms with Gasteiger partial charge in [0.25, 0.3) is 25.0 Å². The fraction of sp³-hybridized carbons (Fsp3) is 0.578. The zero-order valence-corrected chi connectivity index (χ0v) is 104.